The molecule has 110 valence electrons. The fourth-order valence-electron chi connectivity index (χ4n) is 2.77. The first-order valence-electron chi connectivity index (χ1n) is 7.35. The van der Waals surface area contributed by atoms with Gasteiger partial charge in [0.15, 0.2) is 5.84 Å². The number of oxime groups is 1. The molecule has 1 aliphatic rings. The normalized spacial score (nSPS) is 14.7. The van der Waals surface area contributed by atoms with E-state index in [2.05, 4.69) is 30.8 Å². The van der Waals surface area contributed by atoms with Gasteiger partial charge in [-0.1, -0.05) is 12.1 Å². The number of aryl methyl sites for hydroxylation is 2. The summed E-state index contributed by atoms with van der Waals surface area (Å²) in [5, 5.41) is 12.2. The molecule has 0 bridgehead atoms. The molecule has 0 spiro atoms. The second-order valence-electron chi connectivity index (χ2n) is 5.59. The average Bonchev–Trinajstić information content (AvgIpc) is 2.89. The molecule has 0 radical (unpaired) electrons. The summed E-state index contributed by atoms with van der Waals surface area (Å²) in [6, 6.07) is 2.37. The molecule has 0 saturated carbocycles. The Kier molecular flexibility index (Phi) is 4.47. The van der Waals surface area contributed by atoms with Crippen molar-refractivity contribution in [3.8, 4) is 0 Å². The standard InChI is InChI=1S/C15H24N4O/c1-4-8-19(10(2)3)15-12(14(16)18-20)9-11-6-5-7-13(11)17-15/h9-10,20H,4-8H2,1-3H3,(H2,16,18). The fourth-order valence-corrected chi connectivity index (χ4v) is 2.77. The van der Waals surface area contributed by atoms with E-state index in [0.717, 1.165) is 49.3 Å². The van der Waals surface area contributed by atoms with Crippen molar-refractivity contribution in [3.05, 3.63) is 22.9 Å². The number of rotatable bonds is 5. The molecule has 0 aliphatic heterocycles. The molecule has 1 aliphatic carbocycles. The molecule has 0 saturated heterocycles. The molecule has 0 atom stereocenters. The molecule has 0 fully saturated rings. The Morgan fingerprint density at radius 1 is 1.50 bits per heavy atom. The number of pyridine rings is 1. The van der Waals surface area contributed by atoms with E-state index in [-0.39, 0.29) is 5.84 Å². The summed E-state index contributed by atoms with van der Waals surface area (Å²) in [5.41, 5.74) is 9.00. The van der Waals surface area contributed by atoms with Crippen LogP contribution in [0.15, 0.2) is 11.2 Å². The number of anilines is 1. The van der Waals surface area contributed by atoms with Crippen LogP contribution in [0.2, 0.25) is 0 Å². The molecule has 3 N–H and O–H groups in total. The molecule has 20 heavy (non-hydrogen) atoms. The van der Waals surface area contributed by atoms with Crippen molar-refractivity contribution < 1.29 is 5.21 Å². The largest absolute Gasteiger partial charge is 0.409 e. The lowest BCUT2D eigenvalue weighted by Gasteiger charge is -2.29. The summed E-state index contributed by atoms with van der Waals surface area (Å²) < 4.78 is 0. The lowest BCUT2D eigenvalue weighted by molar-refractivity contribution is 0.318. The number of fused-ring (bicyclic) bond motifs is 1. The predicted molar refractivity (Wildman–Crippen MR) is 81.5 cm³/mol. The van der Waals surface area contributed by atoms with Crippen molar-refractivity contribution in [1.82, 2.24) is 4.98 Å². The fraction of sp³-hybridized carbons (Fsp3) is 0.600. The van der Waals surface area contributed by atoms with Crippen LogP contribution in [-0.2, 0) is 12.8 Å². The van der Waals surface area contributed by atoms with E-state index in [0.29, 0.717) is 6.04 Å². The topological polar surface area (TPSA) is 74.7 Å². The van der Waals surface area contributed by atoms with Crippen LogP contribution >= 0.6 is 0 Å². The Labute approximate surface area is 120 Å². The average molecular weight is 276 g/mol. The lowest BCUT2D eigenvalue weighted by atomic mass is 10.1. The van der Waals surface area contributed by atoms with Gasteiger partial charge in [0, 0.05) is 18.3 Å². The van der Waals surface area contributed by atoms with E-state index in [9.17, 15) is 0 Å². The van der Waals surface area contributed by atoms with Gasteiger partial charge in [0.1, 0.15) is 5.82 Å². The molecule has 0 aromatic carbocycles. The maximum Gasteiger partial charge on any atom is 0.173 e. The molecule has 1 aromatic rings. The zero-order valence-electron chi connectivity index (χ0n) is 12.6. The first kappa shape index (κ1) is 14.6. The highest BCUT2D eigenvalue weighted by Crippen LogP contribution is 2.28. The lowest BCUT2D eigenvalue weighted by Crippen LogP contribution is -2.34. The van der Waals surface area contributed by atoms with Gasteiger partial charge in [0.2, 0.25) is 0 Å². The summed E-state index contributed by atoms with van der Waals surface area (Å²) in [7, 11) is 0. The van der Waals surface area contributed by atoms with E-state index in [4.69, 9.17) is 15.9 Å². The zero-order chi connectivity index (χ0) is 14.7. The van der Waals surface area contributed by atoms with E-state index in [1.165, 1.54) is 5.56 Å². The first-order valence-corrected chi connectivity index (χ1v) is 7.35. The maximum atomic E-state index is 9.03. The molecule has 5 heteroatoms. The number of hydrogen-bond donors (Lipinski definition) is 2. The highest BCUT2D eigenvalue weighted by molar-refractivity contribution is 6.01. The smallest absolute Gasteiger partial charge is 0.173 e. The van der Waals surface area contributed by atoms with Gasteiger partial charge in [-0.2, -0.15) is 0 Å². The minimum absolute atomic E-state index is 0.143. The third kappa shape index (κ3) is 2.71. The number of aromatic nitrogens is 1. The summed E-state index contributed by atoms with van der Waals surface area (Å²) >= 11 is 0. The first-order chi connectivity index (χ1) is 9.58. The maximum absolute atomic E-state index is 9.03. The Balaban J connectivity index is 2.54. The van der Waals surface area contributed by atoms with Gasteiger partial charge in [-0.25, -0.2) is 4.98 Å². The number of nitrogens with two attached hydrogens (primary N) is 1. The number of hydrogen-bond acceptors (Lipinski definition) is 4. The SMILES string of the molecule is CCCN(c1nc2c(cc1C(N)=NO)CCC2)C(C)C. The van der Waals surface area contributed by atoms with E-state index in [1.807, 2.05) is 6.07 Å². The van der Waals surface area contributed by atoms with Crippen molar-refractivity contribution in [2.45, 2.75) is 52.5 Å². The second kappa shape index (κ2) is 6.11. The molecule has 0 unspecified atom stereocenters. The van der Waals surface area contributed by atoms with Crippen LogP contribution in [-0.4, -0.2) is 28.6 Å². The molecular weight excluding hydrogens is 252 g/mol. The van der Waals surface area contributed by atoms with Crippen molar-refractivity contribution >= 4 is 11.7 Å². The van der Waals surface area contributed by atoms with Gasteiger partial charge in [0.05, 0.1) is 5.56 Å². The van der Waals surface area contributed by atoms with Crippen LogP contribution < -0.4 is 10.6 Å². The van der Waals surface area contributed by atoms with Gasteiger partial charge in [-0.3, -0.25) is 0 Å². The Hall–Kier alpha value is -1.78. The predicted octanol–water partition coefficient (Wildman–Crippen LogP) is 2.29. The van der Waals surface area contributed by atoms with Gasteiger partial charge in [0.25, 0.3) is 0 Å². The summed E-state index contributed by atoms with van der Waals surface area (Å²) in [6.45, 7) is 7.34. The van der Waals surface area contributed by atoms with Crippen molar-refractivity contribution in [1.29, 1.82) is 0 Å². The van der Waals surface area contributed by atoms with Crippen LogP contribution in [0, 0.1) is 0 Å². The van der Waals surface area contributed by atoms with Gasteiger partial charge < -0.3 is 15.8 Å². The van der Waals surface area contributed by atoms with Gasteiger partial charge in [-0.15, -0.1) is 0 Å². The third-order valence-corrected chi connectivity index (χ3v) is 3.77. The second-order valence-corrected chi connectivity index (χ2v) is 5.59. The van der Waals surface area contributed by atoms with Crippen LogP contribution in [0.1, 0.15) is 50.4 Å². The van der Waals surface area contributed by atoms with E-state index < -0.39 is 0 Å². The number of nitrogens with zero attached hydrogens (tertiary/aromatic N) is 3. The minimum atomic E-state index is 0.143. The molecule has 1 aromatic heterocycles. The Morgan fingerprint density at radius 3 is 2.85 bits per heavy atom. The minimum Gasteiger partial charge on any atom is -0.409 e. The Bertz CT molecular complexity index is 511. The van der Waals surface area contributed by atoms with E-state index >= 15 is 0 Å². The quantitative estimate of drug-likeness (QED) is 0.374. The van der Waals surface area contributed by atoms with Crippen LogP contribution in [0.5, 0.6) is 0 Å². The van der Waals surface area contributed by atoms with Gasteiger partial charge >= 0.3 is 0 Å². The van der Waals surface area contributed by atoms with Crippen LogP contribution in [0.3, 0.4) is 0 Å². The molecular formula is C15H24N4O. The highest BCUT2D eigenvalue weighted by atomic mass is 16.4. The zero-order valence-corrected chi connectivity index (χ0v) is 12.6. The highest BCUT2D eigenvalue weighted by Gasteiger charge is 2.22. The summed E-state index contributed by atoms with van der Waals surface area (Å²) in [6.07, 6.45) is 4.23. The monoisotopic (exact) mass is 276 g/mol. The third-order valence-electron chi connectivity index (χ3n) is 3.77. The molecule has 1 heterocycles. The molecule has 5 nitrogen and oxygen atoms in total. The Morgan fingerprint density at radius 2 is 2.25 bits per heavy atom. The summed E-state index contributed by atoms with van der Waals surface area (Å²) in [5.74, 6) is 0.988. The van der Waals surface area contributed by atoms with Crippen LogP contribution in [0.4, 0.5) is 5.82 Å². The van der Waals surface area contributed by atoms with E-state index in [1.54, 1.807) is 0 Å². The summed E-state index contributed by atoms with van der Waals surface area (Å²) in [4.78, 5) is 7.04. The van der Waals surface area contributed by atoms with Crippen molar-refractivity contribution in [3.63, 3.8) is 0 Å². The van der Waals surface area contributed by atoms with Crippen LogP contribution in [0.25, 0.3) is 0 Å². The van der Waals surface area contributed by atoms with Gasteiger partial charge in [-0.05, 0) is 51.2 Å². The molecule has 2 rings (SSSR count). The van der Waals surface area contributed by atoms with Crippen molar-refractivity contribution in [2.75, 3.05) is 11.4 Å². The molecule has 0 amide bonds. The number of amidine groups is 1. The van der Waals surface area contributed by atoms with Crippen molar-refractivity contribution in [2.24, 2.45) is 10.9 Å².